The third-order valence-electron chi connectivity index (χ3n) is 7.24. The van der Waals surface area contributed by atoms with E-state index in [9.17, 15) is 13.2 Å². The van der Waals surface area contributed by atoms with E-state index in [-0.39, 0.29) is 16.7 Å². The van der Waals surface area contributed by atoms with Crippen molar-refractivity contribution >= 4 is 32.5 Å². The second kappa shape index (κ2) is 8.75. The Morgan fingerprint density at radius 1 is 0.811 bits per heavy atom. The van der Waals surface area contributed by atoms with Crippen LogP contribution < -0.4 is 4.90 Å². The van der Waals surface area contributed by atoms with E-state index in [0.717, 1.165) is 38.9 Å². The molecule has 2 heterocycles. The third-order valence-corrected chi connectivity index (χ3v) is 8.93. The van der Waals surface area contributed by atoms with Gasteiger partial charge in [-0.05, 0) is 53.4 Å². The van der Waals surface area contributed by atoms with Crippen LogP contribution in [0.25, 0.3) is 10.9 Å². The highest BCUT2D eigenvalue weighted by Crippen LogP contribution is 2.40. The van der Waals surface area contributed by atoms with Crippen LogP contribution in [0.2, 0.25) is 0 Å². The number of nitrogens with zero attached hydrogens (tertiary/aromatic N) is 2. The summed E-state index contributed by atoms with van der Waals surface area (Å²) in [4.78, 5) is 14.3. The predicted octanol–water partition coefficient (Wildman–Crippen LogP) is 5.89. The maximum Gasteiger partial charge on any atom is 0.268 e. The van der Waals surface area contributed by atoms with Crippen LogP contribution in [-0.2, 0) is 21.2 Å². The minimum absolute atomic E-state index is 0.0733. The van der Waals surface area contributed by atoms with Gasteiger partial charge >= 0.3 is 0 Å². The van der Waals surface area contributed by atoms with Crippen molar-refractivity contribution in [2.45, 2.75) is 24.2 Å². The van der Waals surface area contributed by atoms with Crippen molar-refractivity contribution in [3.63, 3.8) is 0 Å². The summed E-state index contributed by atoms with van der Waals surface area (Å²) < 4.78 is 29.0. The molecule has 6 heteroatoms. The summed E-state index contributed by atoms with van der Waals surface area (Å²) in [7, 11) is -2.02. The topological polar surface area (TPSA) is 59.4 Å². The smallest absolute Gasteiger partial charge is 0.268 e. The van der Waals surface area contributed by atoms with Crippen LogP contribution in [0.3, 0.4) is 0 Å². The second-order valence-corrected chi connectivity index (χ2v) is 11.4. The molecular weight excluding hydrogens is 480 g/mol. The molecule has 0 radical (unpaired) electrons. The molecule has 1 unspecified atom stereocenters. The normalized spacial score (nSPS) is 14.2. The number of hydrogen-bond donors (Lipinski definition) is 0. The molecule has 1 atom stereocenters. The number of aromatic nitrogens is 1. The Bertz CT molecular complexity index is 1750. The number of carbonyl (C=O) groups excluding carboxylic acids is 1. The van der Waals surface area contributed by atoms with E-state index >= 15 is 0 Å². The Kier molecular flexibility index (Phi) is 5.50. The molecule has 1 aliphatic heterocycles. The number of para-hydroxylation sites is 1. The van der Waals surface area contributed by atoms with Gasteiger partial charge in [-0.3, -0.25) is 4.79 Å². The summed E-state index contributed by atoms with van der Waals surface area (Å²) in [5.41, 5.74) is 6.51. The van der Waals surface area contributed by atoms with E-state index in [4.69, 9.17) is 0 Å². The van der Waals surface area contributed by atoms with E-state index in [1.807, 2.05) is 73.7 Å². The first-order valence-corrected chi connectivity index (χ1v) is 13.6. The summed E-state index contributed by atoms with van der Waals surface area (Å²) in [6.07, 6.45) is 2.13. The zero-order valence-electron chi connectivity index (χ0n) is 20.6. The van der Waals surface area contributed by atoms with Gasteiger partial charge in [0.05, 0.1) is 16.8 Å². The Labute approximate surface area is 216 Å². The molecule has 0 N–H and O–H groups in total. The van der Waals surface area contributed by atoms with Gasteiger partial charge in [-0.15, -0.1) is 0 Å². The average Bonchev–Trinajstić information content (AvgIpc) is 3.43. The molecule has 0 fully saturated rings. The Balaban J connectivity index is 1.58. The van der Waals surface area contributed by atoms with Crippen molar-refractivity contribution in [2.75, 3.05) is 11.9 Å². The number of amides is 1. The predicted molar refractivity (Wildman–Crippen MR) is 147 cm³/mol. The molecule has 1 aliphatic rings. The van der Waals surface area contributed by atoms with Crippen LogP contribution in [0.15, 0.2) is 108 Å². The molecule has 0 saturated carbocycles. The Hall–Kier alpha value is -4.16. The highest BCUT2D eigenvalue weighted by Gasteiger charge is 2.29. The van der Waals surface area contributed by atoms with E-state index in [1.165, 1.54) is 3.97 Å². The minimum atomic E-state index is -3.82. The number of likely N-dealkylation sites (N-methyl/N-ethyl adjacent to an activating group) is 1. The van der Waals surface area contributed by atoms with Crippen molar-refractivity contribution in [1.29, 1.82) is 0 Å². The van der Waals surface area contributed by atoms with Gasteiger partial charge in [0.2, 0.25) is 5.91 Å². The van der Waals surface area contributed by atoms with Gasteiger partial charge in [-0.2, -0.15) is 0 Å². The molecule has 0 aliphatic carbocycles. The number of fused-ring (bicyclic) bond motifs is 2. The molecule has 0 saturated heterocycles. The first-order valence-electron chi connectivity index (χ1n) is 12.2. The molecule has 37 heavy (non-hydrogen) atoms. The van der Waals surface area contributed by atoms with Crippen LogP contribution in [-0.4, -0.2) is 25.3 Å². The fourth-order valence-corrected chi connectivity index (χ4v) is 6.67. The van der Waals surface area contributed by atoms with Gasteiger partial charge in [-0.1, -0.05) is 78.4 Å². The number of aryl methyl sites for hydroxylation is 1. The summed E-state index contributed by atoms with van der Waals surface area (Å²) >= 11 is 0. The van der Waals surface area contributed by atoms with Crippen molar-refractivity contribution in [3.8, 4) is 0 Å². The highest BCUT2D eigenvalue weighted by molar-refractivity contribution is 7.90. The maximum atomic E-state index is 13.8. The average molecular weight is 507 g/mol. The van der Waals surface area contributed by atoms with Crippen LogP contribution in [0.4, 0.5) is 5.69 Å². The number of anilines is 1. The number of benzene rings is 4. The molecular formula is C31H26N2O3S. The first kappa shape index (κ1) is 23.3. The molecule has 4 aromatic carbocycles. The summed E-state index contributed by atoms with van der Waals surface area (Å²) in [5.74, 6) is -0.143. The van der Waals surface area contributed by atoms with Crippen LogP contribution in [0, 0.1) is 6.92 Å². The quantitative estimate of drug-likeness (QED) is 0.299. The molecule has 0 bridgehead atoms. The molecule has 5 aromatic rings. The maximum absolute atomic E-state index is 13.8. The van der Waals surface area contributed by atoms with Gasteiger partial charge in [0.25, 0.3) is 10.0 Å². The van der Waals surface area contributed by atoms with E-state index < -0.39 is 10.0 Å². The standard InChI is InChI=1S/C31H26N2O3S/c1-21-12-15-25(16-13-21)37(35,36)33-20-27(26-10-6-7-11-29(26)33)31(22-8-4-3-5-9-22)23-14-17-28-24(18-23)19-30(34)32(28)2/h3-18,20,31H,19H2,1-2H3. The minimum Gasteiger partial charge on any atom is -0.315 e. The van der Waals surface area contributed by atoms with Crippen LogP contribution in [0.1, 0.15) is 33.7 Å². The van der Waals surface area contributed by atoms with Crippen molar-refractivity contribution in [3.05, 3.63) is 131 Å². The highest BCUT2D eigenvalue weighted by atomic mass is 32.2. The van der Waals surface area contributed by atoms with Gasteiger partial charge in [0.15, 0.2) is 0 Å². The largest absolute Gasteiger partial charge is 0.315 e. The lowest BCUT2D eigenvalue weighted by Gasteiger charge is -2.19. The van der Waals surface area contributed by atoms with Crippen molar-refractivity contribution in [2.24, 2.45) is 0 Å². The molecule has 0 spiro atoms. The van der Waals surface area contributed by atoms with E-state index in [2.05, 4.69) is 18.2 Å². The van der Waals surface area contributed by atoms with E-state index in [1.54, 1.807) is 30.3 Å². The van der Waals surface area contributed by atoms with Gasteiger partial charge in [0, 0.05) is 30.2 Å². The van der Waals surface area contributed by atoms with Gasteiger partial charge in [-0.25, -0.2) is 12.4 Å². The number of rotatable bonds is 5. The molecule has 184 valence electrons. The summed E-state index contributed by atoms with van der Waals surface area (Å²) in [5, 5.41) is 0.876. The Morgan fingerprint density at radius 3 is 2.27 bits per heavy atom. The molecule has 6 rings (SSSR count). The molecule has 1 aromatic heterocycles. The number of hydrogen-bond acceptors (Lipinski definition) is 3. The van der Waals surface area contributed by atoms with Gasteiger partial charge < -0.3 is 4.90 Å². The molecule has 1 amide bonds. The fourth-order valence-electron chi connectivity index (χ4n) is 5.29. The summed E-state index contributed by atoms with van der Waals surface area (Å²) in [6.45, 7) is 1.94. The third kappa shape index (κ3) is 3.85. The zero-order valence-corrected chi connectivity index (χ0v) is 21.4. The van der Waals surface area contributed by atoms with Crippen molar-refractivity contribution < 1.29 is 13.2 Å². The first-order chi connectivity index (χ1) is 17.8. The fraction of sp³-hybridized carbons (Fsp3) is 0.129. The Morgan fingerprint density at radius 2 is 1.51 bits per heavy atom. The lowest BCUT2D eigenvalue weighted by Crippen LogP contribution is -2.20. The van der Waals surface area contributed by atoms with E-state index in [0.29, 0.717) is 11.9 Å². The lowest BCUT2D eigenvalue weighted by molar-refractivity contribution is -0.117. The monoisotopic (exact) mass is 506 g/mol. The number of carbonyl (C=O) groups is 1. The van der Waals surface area contributed by atoms with Gasteiger partial charge in [0.1, 0.15) is 0 Å². The second-order valence-electron chi connectivity index (χ2n) is 9.58. The van der Waals surface area contributed by atoms with Crippen LogP contribution >= 0.6 is 0 Å². The zero-order chi connectivity index (χ0) is 25.7. The molecule has 5 nitrogen and oxygen atoms in total. The summed E-state index contributed by atoms with van der Waals surface area (Å²) in [6, 6.07) is 30.8. The van der Waals surface area contributed by atoms with Crippen LogP contribution in [0.5, 0.6) is 0 Å². The SMILES string of the molecule is Cc1ccc(S(=O)(=O)n2cc(C(c3ccccc3)c3ccc4c(c3)CC(=O)N4C)c3ccccc32)cc1. The lowest BCUT2D eigenvalue weighted by atomic mass is 9.84. The van der Waals surface area contributed by atoms with Crippen molar-refractivity contribution in [1.82, 2.24) is 3.97 Å².